The number of aliphatic imine (C=N–C) groups is 2. The van der Waals surface area contributed by atoms with Crippen LogP contribution >= 0.6 is 0 Å². The molecule has 0 aliphatic carbocycles. The zero-order valence-electron chi connectivity index (χ0n) is 21.8. The first-order chi connectivity index (χ1) is 16.5. The van der Waals surface area contributed by atoms with Gasteiger partial charge in [0.05, 0.1) is 18.3 Å². The summed E-state index contributed by atoms with van der Waals surface area (Å²) < 4.78 is 5.94. The highest BCUT2D eigenvalue weighted by atomic mass is 16.5. The van der Waals surface area contributed by atoms with Crippen LogP contribution in [0.15, 0.2) is 22.2 Å². The molecule has 1 aromatic rings. The molecule has 2 N–H and O–H groups in total. The Labute approximate surface area is 208 Å². The van der Waals surface area contributed by atoms with Crippen molar-refractivity contribution in [3.63, 3.8) is 0 Å². The summed E-state index contributed by atoms with van der Waals surface area (Å²) in [6.45, 7) is 17.3. The predicted octanol–water partition coefficient (Wildman–Crippen LogP) is 1.85. The Balaban J connectivity index is 1.59. The molecule has 10 nitrogen and oxygen atoms in total. The molecule has 0 aromatic carbocycles. The van der Waals surface area contributed by atoms with Gasteiger partial charge in [0.15, 0.2) is 0 Å². The zero-order valence-corrected chi connectivity index (χ0v) is 21.8. The van der Waals surface area contributed by atoms with Gasteiger partial charge in [-0.05, 0) is 47.6 Å². The zero-order chi connectivity index (χ0) is 25.3. The van der Waals surface area contributed by atoms with E-state index in [1.165, 1.54) is 0 Å². The summed E-state index contributed by atoms with van der Waals surface area (Å²) in [6.07, 6.45) is 1.65. The summed E-state index contributed by atoms with van der Waals surface area (Å²) in [4.78, 5) is 33.6. The van der Waals surface area contributed by atoms with Gasteiger partial charge in [0.2, 0.25) is 0 Å². The number of nitrogens with zero attached hydrogens (tertiary/aromatic N) is 6. The molecular formula is C25H38N8O2. The fourth-order valence-corrected chi connectivity index (χ4v) is 4.69. The number of rotatable bonds is 3. The summed E-state index contributed by atoms with van der Waals surface area (Å²) in [6, 6.07) is 1.79. The molecule has 1 unspecified atom stereocenters. The highest BCUT2D eigenvalue weighted by Crippen LogP contribution is 2.28. The smallest absolute Gasteiger partial charge is 0.272 e. The average molecular weight is 483 g/mol. The van der Waals surface area contributed by atoms with Crippen molar-refractivity contribution >= 4 is 23.4 Å². The maximum Gasteiger partial charge on any atom is 0.272 e. The second-order valence-electron chi connectivity index (χ2n) is 10.7. The van der Waals surface area contributed by atoms with Crippen LogP contribution in [0.3, 0.4) is 0 Å². The van der Waals surface area contributed by atoms with Crippen LogP contribution in [0, 0.1) is 5.41 Å². The quantitative estimate of drug-likeness (QED) is 0.503. The molecule has 35 heavy (non-hydrogen) atoms. The van der Waals surface area contributed by atoms with Crippen molar-refractivity contribution in [2.45, 2.75) is 59.2 Å². The van der Waals surface area contributed by atoms with Gasteiger partial charge in [0.1, 0.15) is 41.6 Å². The Morgan fingerprint density at radius 3 is 2.57 bits per heavy atom. The van der Waals surface area contributed by atoms with Crippen LogP contribution in [-0.4, -0.2) is 107 Å². The van der Waals surface area contributed by atoms with E-state index in [9.17, 15) is 4.79 Å². The minimum atomic E-state index is -0.212. The summed E-state index contributed by atoms with van der Waals surface area (Å²) in [5, 5.41) is 11.2. The molecule has 1 atom stereocenters. The van der Waals surface area contributed by atoms with Crippen LogP contribution in [0.2, 0.25) is 0 Å². The van der Waals surface area contributed by atoms with E-state index >= 15 is 0 Å². The molecule has 1 saturated heterocycles. The Kier molecular flexibility index (Phi) is 7.12. The first-order valence-corrected chi connectivity index (χ1v) is 12.4. The maximum atomic E-state index is 13.3. The highest BCUT2D eigenvalue weighted by Gasteiger charge is 2.34. The minimum Gasteiger partial charge on any atom is -0.489 e. The second-order valence-corrected chi connectivity index (χ2v) is 10.7. The number of hydrogen-bond donors (Lipinski definition) is 2. The Bertz CT molecular complexity index is 1030. The number of carbonyl (C=O) groups excluding carboxylic acids is 1. The van der Waals surface area contributed by atoms with E-state index in [0.717, 1.165) is 24.5 Å². The minimum absolute atomic E-state index is 0.0598. The first kappa shape index (κ1) is 25.1. The van der Waals surface area contributed by atoms with Gasteiger partial charge >= 0.3 is 0 Å². The van der Waals surface area contributed by atoms with E-state index in [-0.39, 0.29) is 29.4 Å². The molecule has 10 heteroatoms. The van der Waals surface area contributed by atoms with Gasteiger partial charge in [-0.15, -0.1) is 0 Å². The van der Waals surface area contributed by atoms with E-state index in [4.69, 9.17) is 15.1 Å². The number of pyridine rings is 1. The Morgan fingerprint density at radius 2 is 1.94 bits per heavy atom. The Morgan fingerprint density at radius 1 is 1.23 bits per heavy atom. The average Bonchev–Trinajstić information content (AvgIpc) is 3.14. The number of amidine groups is 3. The number of hydrogen-bond acceptors (Lipinski definition) is 7. The summed E-state index contributed by atoms with van der Waals surface area (Å²) >= 11 is 0. The normalized spacial score (nSPS) is 21.2. The number of ether oxygens (including phenoxy) is 1. The Hall–Kier alpha value is -3.01. The summed E-state index contributed by atoms with van der Waals surface area (Å²) in [5.74, 6) is 2.30. The van der Waals surface area contributed by atoms with Crippen LogP contribution < -0.4 is 10.1 Å². The third-order valence-electron chi connectivity index (χ3n) is 6.47. The number of nitrogens with one attached hydrogen (secondary N) is 2. The van der Waals surface area contributed by atoms with Crippen LogP contribution in [0.1, 0.15) is 57.6 Å². The van der Waals surface area contributed by atoms with Crippen molar-refractivity contribution in [3.8, 4) is 5.75 Å². The van der Waals surface area contributed by atoms with Gasteiger partial charge in [0.25, 0.3) is 5.91 Å². The SMILES string of the molecule is CC(=N)/N=C(\NC(C)C)C1CN2CCOc3cnc(C(=O)N4CCN(C(C)(C)C)CC4)cc3C2=N1. The third kappa shape index (κ3) is 5.63. The standard InChI is InChI=1S/C25H38N8O2/c1-16(2)28-22(29-17(3)26)20-15-32-11-12-35-21-14-27-19(13-18(21)23(32)30-20)24(34)31-7-9-33(10-8-31)25(4,5)6/h13-14,16,20H,7-12,15H2,1-6H3,(H2,26,28,29). The number of piperazine rings is 1. The van der Waals surface area contributed by atoms with Crippen molar-refractivity contribution in [1.29, 1.82) is 5.41 Å². The maximum absolute atomic E-state index is 13.3. The van der Waals surface area contributed by atoms with Gasteiger partial charge in [-0.3, -0.25) is 20.1 Å². The molecule has 4 heterocycles. The molecule has 3 aliphatic heterocycles. The fourth-order valence-electron chi connectivity index (χ4n) is 4.69. The molecule has 0 radical (unpaired) electrons. The predicted molar refractivity (Wildman–Crippen MR) is 138 cm³/mol. The van der Waals surface area contributed by atoms with Crippen molar-refractivity contribution in [3.05, 3.63) is 23.5 Å². The van der Waals surface area contributed by atoms with Crippen molar-refractivity contribution in [2.24, 2.45) is 9.98 Å². The van der Waals surface area contributed by atoms with Crippen LogP contribution in [-0.2, 0) is 0 Å². The number of aromatic nitrogens is 1. The van der Waals surface area contributed by atoms with Gasteiger partial charge in [-0.25, -0.2) is 9.98 Å². The van der Waals surface area contributed by atoms with E-state index in [1.807, 2.05) is 24.8 Å². The van der Waals surface area contributed by atoms with Crippen molar-refractivity contribution < 1.29 is 9.53 Å². The largest absolute Gasteiger partial charge is 0.489 e. The molecule has 4 rings (SSSR count). The third-order valence-corrected chi connectivity index (χ3v) is 6.47. The first-order valence-electron chi connectivity index (χ1n) is 12.4. The van der Waals surface area contributed by atoms with E-state index in [0.29, 0.717) is 50.1 Å². The van der Waals surface area contributed by atoms with E-state index in [2.05, 4.69) is 45.9 Å². The fraction of sp³-hybridized carbons (Fsp3) is 0.640. The topological polar surface area (TPSA) is 110 Å². The van der Waals surface area contributed by atoms with E-state index < -0.39 is 0 Å². The lowest BCUT2D eigenvalue weighted by molar-refractivity contribution is 0.0446. The number of fused-ring (bicyclic) bond motifs is 3. The van der Waals surface area contributed by atoms with Crippen LogP contribution in [0.25, 0.3) is 0 Å². The van der Waals surface area contributed by atoms with Crippen molar-refractivity contribution in [1.82, 2.24) is 25.0 Å². The van der Waals surface area contributed by atoms with Crippen molar-refractivity contribution in [2.75, 3.05) is 45.9 Å². The van der Waals surface area contributed by atoms with Gasteiger partial charge in [-0.2, -0.15) is 0 Å². The molecule has 0 bridgehead atoms. The monoisotopic (exact) mass is 482 g/mol. The molecule has 0 saturated carbocycles. The number of amides is 1. The van der Waals surface area contributed by atoms with Crippen LogP contribution in [0.4, 0.5) is 0 Å². The molecule has 3 aliphatic rings. The second kappa shape index (κ2) is 9.93. The summed E-state index contributed by atoms with van der Waals surface area (Å²) in [7, 11) is 0. The molecular weight excluding hydrogens is 444 g/mol. The highest BCUT2D eigenvalue weighted by molar-refractivity contribution is 6.08. The lowest BCUT2D eigenvalue weighted by atomic mass is 10.0. The molecule has 1 aromatic heterocycles. The van der Waals surface area contributed by atoms with Crippen LogP contribution in [0.5, 0.6) is 5.75 Å². The lowest BCUT2D eigenvalue weighted by Crippen LogP contribution is -2.54. The molecule has 1 fully saturated rings. The van der Waals surface area contributed by atoms with Gasteiger partial charge in [-0.1, -0.05) is 0 Å². The summed E-state index contributed by atoms with van der Waals surface area (Å²) in [5.41, 5.74) is 1.29. The molecule has 0 spiro atoms. The lowest BCUT2D eigenvalue weighted by Gasteiger charge is -2.42. The number of carbonyl (C=O) groups is 1. The van der Waals surface area contributed by atoms with Gasteiger partial charge in [0, 0.05) is 44.3 Å². The molecule has 190 valence electrons. The molecule has 1 amide bonds. The van der Waals surface area contributed by atoms with E-state index in [1.54, 1.807) is 13.1 Å². The van der Waals surface area contributed by atoms with Gasteiger partial charge < -0.3 is 19.9 Å².